The zero-order valence-corrected chi connectivity index (χ0v) is 8.05. The second-order valence-corrected chi connectivity index (χ2v) is 3.40. The first kappa shape index (κ1) is 9.99. The van der Waals surface area contributed by atoms with Crippen molar-refractivity contribution in [3.63, 3.8) is 0 Å². The van der Waals surface area contributed by atoms with Crippen LogP contribution in [0, 0.1) is 5.82 Å². The normalized spacial score (nSPS) is 10.8. The van der Waals surface area contributed by atoms with E-state index in [0.29, 0.717) is 5.69 Å². The summed E-state index contributed by atoms with van der Waals surface area (Å²) in [5.74, 6) is -0.219. The molecule has 0 amide bonds. The number of benzene rings is 1. The minimum atomic E-state index is -0.219. The van der Waals surface area contributed by atoms with Gasteiger partial charge in [-0.15, -0.1) is 0 Å². The van der Waals surface area contributed by atoms with Crippen LogP contribution < -0.4 is 5.73 Å². The number of anilines is 1. The van der Waals surface area contributed by atoms with Crippen molar-refractivity contribution in [1.29, 1.82) is 0 Å². The maximum Gasteiger partial charge on any atom is 0.123 e. The van der Waals surface area contributed by atoms with Crippen LogP contribution >= 0.6 is 0 Å². The fourth-order valence-electron chi connectivity index (χ4n) is 1.13. The number of likely N-dealkylation sites (N-methyl/N-ethyl adjacent to an activating group) is 1. The van der Waals surface area contributed by atoms with Gasteiger partial charge in [-0.3, -0.25) is 0 Å². The van der Waals surface area contributed by atoms with Gasteiger partial charge in [-0.2, -0.15) is 0 Å². The second kappa shape index (κ2) is 4.23. The molecule has 0 spiro atoms. The third-order valence-electron chi connectivity index (χ3n) is 1.93. The molecule has 72 valence electrons. The van der Waals surface area contributed by atoms with Gasteiger partial charge in [0, 0.05) is 12.2 Å². The lowest BCUT2D eigenvalue weighted by Gasteiger charge is -2.10. The van der Waals surface area contributed by atoms with E-state index in [1.165, 1.54) is 12.1 Å². The number of nitrogens with two attached hydrogens (primary N) is 1. The molecule has 0 saturated heterocycles. The summed E-state index contributed by atoms with van der Waals surface area (Å²) in [6, 6.07) is 4.49. The molecule has 0 unspecified atom stereocenters. The van der Waals surface area contributed by atoms with E-state index < -0.39 is 0 Å². The van der Waals surface area contributed by atoms with Gasteiger partial charge >= 0.3 is 0 Å². The zero-order valence-electron chi connectivity index (χ0n) is 8.05. The Morgan fingerprint density at radius 3 is 2.69 bits per heavy atom. The molecule has 2 N–H and O–H groups in total. The van der Waals surface area contributed by atoms with Crippen LogP contribution in [0.2, 0.25) is 0 Å². The van der Waals surface area contributed by atoms with E-state index in [1.807, 2.05) is 19.0 Å². The van der Waals surface area contributed by atoms with Gasteiger partial charge in [-0.05, 0) is 44.3 Å². The molecule has 0 heterocycles. The Balaban J connectivity index is 2.70. The molecule has 1 rings (SSSR count). The molecule has 13 heavy (non-hydrogen) atoms. The highest BCUT2D eigenvalue weighted by Gasteiger charge is 2.01. The van der Waals surface area contributed by atoms with E-state index in [1.54, 1.807) is 6.07 Å². The molecule has 1 aromatic carbocycles. The van der Waals surface area contributed by atoms with Crippen LogP contribution in [0.5, 0.6) is 0 Å². The molecule has 1 aromatic rings. The van der Waals surface area contributed by atoms with Gasteiger partial charge in [0.15, 0.2) is 0 Å². The van der Waals surface area contributed by atoms with Crippen molar-refractivity contribution in [3.8, 4) is 0 Å². The van der Waals surface area contributed by atoms with Gasteiger partial charge in [0.1, 0.15) is 5.82 Å². The average Bonchev–Trinajstić information content (AvgIpc) is 2.06. The van der Waals surface area contributed by atoms with E-state index in [0.717, 1.165) is 18.5 Å². The lowest BCUT2D eigenvalue weighted by Crippen LogP contribution is -2.15. The first-order chi connectivity index (χ1) is 6.09. The molecular formula is C10H15FN2. The number of nitrogens with zero attached hydrogens (tertiary/aromatic N) is 1. The van der Waals surface area contributed by atoms with Crippen LogP contribution in [-0.2, 0) is 6.42 Å². The smallest absolute Gasteiger partial charge is 0.123 e. The topological polar surface area (TPSA) is 29.3 Å². The largest absolute Gasteiger partial charge is 0.399 e. The maximum absolute atomic E-state index is 12.8. The molecule has 0 saturated carbocycles. The van der Waals surface area contributed by atoms with E-state index in [-0.39, 0.29) is 5.82 Å². The molecule has 0 radical (unpaired) electrons. The summed E-state index contributed by atoms with van der Waals surface area (Å²) in [5.41, 5.74) is 7.24. The van der Waals surface area contributed by atoms with Crippen LogP contribution in [0.3, 0.4) is 0 Å². The van der Waals surface area contributed by atoms with Gasteiger partial charge in [0.2, 0.25) is 0 Å². The van der Waals surface area contributed by atoms with Crippen molar-refractivity contribution >= 4 is 5.69 Å². The third-order valence-corrected chi connectivity index (χ3v) is 1.93. The van der Waals surface area contributed by atoms with Crippen LogP contribution in [-0.4, -0.2) is 25.5 Å². The summed E-state index contributed by atoms with van der Waals surface area (Å²) in [6.45, 7) is 0.883. The van der Waals surface area contributed by atoms with E-state index in [2.05, 4.69) is 0 Å². The molecule has 0 aliphatic heterocycles. The monoisotopic (exact) mass is 182 g/mol. The zero-order chi connectivity index (χ0) is 9.84. The van der Waals surface area contributed by atoms with E-state index in [9.17, 15) is 4.39 Å². The summed E-state index contributed by atoms with van der Waals surface area (Å²) in [6.07, 6.45) is 0.788. The summed E-state index contributed by atoms with van der Waals surface area (Å²) in [7, 11) is 3.96. The summed E-state index contributed by atoms with van der Waals surface area (Å²) >= 11 is 0. The number of nitrogen functional groups attached to an aromatic ring is 1. The standard InChI is InChI=1S/C10H15FN2/c1-13(2)6-5-8-7-9(11)3-4-10(8)12/h3-4,7H,5-6,12H2,1-2H3. The first-order valence-electron chi connectivity index (χ1n) is 4.28. The van der Waals surface area contributed by atoms with Crippen molar-refractivity contribution in [2.24, 2.45) is 0 Å². The fourth-order valence-corrected chi connectivity index (χ4v) is 1.13. The molecule has 0 aliphatic rings. The molecule has 2 nitrogen and oxygen atoms in total. The predicted molar refractivity (Wildman–Crippen MR) is 53.1 cm³/mol. The van der Waals surface area contributed by atoms with Gasteiger partial charge in [-0.25, -0.2) is 4.39 Å². The lowest BCUT2D eigenvalue weighted by atomic mass is 10.1. The number of hydrogen-bond acceptors (Lipinski definition) is 2. The van der Waals surface area contributed by atoms with Crippen molar-refractivity contribution < 1.29 is 4.39 Å². The summed E-state index contributed by atoms with van der Waals surface area (Å²) < 4.78 is 12.8. The van der Waals surface area contributed by atoms with Gasteiger partial charge < -0.3 is 10.6 Å². The molecule has 0 atom stereocenters. The molecular weight excluding hydrogens is 167 g/mol. The van der Waals surface area contributed by atoms with Crippen molar-refractivity contribution in [3.05, 3.63) is 29.6 Å². The Hall–Kier alpha value is -1.09. The van der Waals surface area contributed by atoms with Gasteiger partial charge in [0.05, 0.1) is 0 Å². The highest BCUT2D eigenvalue weighted by Crippen LogP contribution is 2.13. The van der Waals surface area contributed by atoms with E-state index >= 15 is 0 Å². The van der Waals surface area contributed by atoms with Crippen molar-refractivity contribution in [2.45, 2.75) is 6.42 Å². The van der Waals surface area contributed by atoms with Crippen LogP contribution in [0.4, 0.5) is 10.1 Å². The van der Waals surface area contributed by atoms with Crippen LogP contribution in [0.25, 0.3) is 0 Å². The average molecular weight is 182 g/mol. The number of halogens is 1. The maximum atomic E-state index is 12.8. The highest BCUT2D eigenvalue weighted by molar-refractivity contribution is 5.46. The molecule has 0 fully saturated rings. The first-order valence-corrected chi connectivity index (χ1v) is 4.28. The predicted octanol–water partition coefficient (Wildman–Crippen LogP) is 1.51. The number of rotatable bonds is 3. The lowest BCUT2D eigenvalue weighted by molar-refractivity contribution is 0.413. The van der Waals surface area contributed by atoms with Crippen molar-refractivity contribution in [1.82, 2.24) is 4.90 Å². The molecule has 0 bridgehead atoms. The quantitative estimate of drug-likeness (QED) is 0.718. The number of hydrogen-bond donors (Lipinski definition) is 1. The molecule has 3 heteroatoms. The minimum absolute atomic E-state index is 0.219. The van der Waals surface area contributed by atoms with Gasteiger partial charge in [-0.1, -0.05) is 0 Å². The van der Waals surface area contributed by atoms with E-state index in [4.69, 9.17) is 5.73 Å². The minimum Gasteiger partial charge on any atom is -0.399 e. The molecule has 0 aliphatic carbocycles. The van der Waals surface area contributed by atoms with Crippen LogP contribution in [0.15, 0.2) is 18.2 Å². The second-order valence-electron chi connectivity index (χ2n) is 3.40. The Morgan fingerprint density at radius 1 is 1.38 bits per heavy atom. The Labute approximate surface area is 78.2 Å². The third kappa shape index (κ3) is 3.03. The molecule has 0 aromatic heterocycles. The Bertz CT molecular complexity index is 284. The Morgan fingerprint density at radius 2 is 2.08 bits per heavy atom. The summed E-state index contributed by atoms with van der Waals surface area (Å²) in [4.78, 5) is 2.05. The van der Waals surface area contributed by atoms with Gasteiger partial charge in [0.25, 0.3) is 0 Å². The van der Waals surface area contributed by atoms with Crippen LogP contribution in [0.1, 0.15) is 5.56 Å². The Kier molecular flexibility index (Phi) is 3.25. The van der Waals surface area contributed by atoms with Crippen molar-refractivity contribution in [2.75, 3.05) is 26.4 Å². The summed E-state index contributed by atoms with van der Waals surface area (Å²) in [5, 5.41) is 0. The SMILES string of the molecule is CN(C)CCc1cc(F)ccc1N. The highest BCUT2D eigenvalue weighted by atomic mass is 19.1. The fraction of sp³-hybridized carbons (Fsp3) is 0.400.